The van der Waals surface area contributed by atoms with Crippen molar-refractivity contribution in [1.82, 2.24) is 25.0 Å². The number of nitrogens with two attached hydrogens (primary N) is 1. The number of aromatic amines is 1. The fourth-order valence-electron chi connectivity index (χ4n) is 4.67. The highest BCUT2D eigenvalue weighted by Gasteiger charge is 2.54. The number of halogens is 1. The third kappa shape index (κ3) is 3.55. The van der Waals surface area contributed by atoms with Gasteiger partial charge in [-0.15, -0.1) is 0 Å². The van der Waals surface area contributed by atoms with Crippen LogP contribution in [0.25, 0.3) is 11.4 Å². The van der Waals surface area contributed by atoms with Gasteiger partial charge in [-0.05, 0) is 48.7 Å². The van der Waals surface area contributed by atoms with Crippen molar-refractivity contribution in [3.8, 4) is 11.4 Å². The van der Waals surface area contributed by atoms with Crippen molar-refractivity contribution in [3.63, 3.8) is 0 Å². The number of hydrogen-bond acceptors (Lipinski definition) is 5. The Morgan fingerprint density at radius 1 is 1.12 bits per heavy atom. The summed E-state index contributed by atoms with van der Waals surface area (Å²) in [5, 5.41) is 7.65. The number of likely N-dealkylation sites (tertiary alicyclic amines) is 2. The Hall–Kier alpha value is -3.23. The number of aromatic nitrogens is 3. The fraction of sp³-hybridized carbons (Fsp3) is 0.304. The standard InChI is InChI=1S/C23H23ClN6O2/c24-16-6-3-5-15(11-16)20(25)22(32)29-13-23(14-29)8-4-10-30(23)21(31)19-12-18(27-28-19)17-7-1-2-9-26-17/h1-3,5-7,9,11-12,20H,4,8,10,13-14,25H2,(H,27,28). The second kappa shape index (κ2) is 8.03. The zero-order chi connectivity index (χ0) is 22.3. The molecule has 5 rings (SSSR count). The molecule has 3 N–H and O–H groups in total. The molecule has 3 aromatic rings. The number of benzene rings is 1. The van der Waals surface area contributed by atoms with Crippen LogP contribution < -0.4 is 5.73 Å². The number of carbonyl (C=O) groups excluding carboxylic acids is 2. The van der Waals surface area contributed by atoms with E-state index in [0.717, 1.165) is 12.8 Å². The molecule has 2 aliphatic heterocycles. The lowest BCUT2D eigenvalue weighted by Gasteiger charge is -2.53. The first kappa shape index (κ1) is 20.7. The summed E-state index contributed by atoms with van der Waals surface area (Å²) in [6.45, 7) is 1.61. The van der Waals surface area contributed by atoms with Crippen LogP contribution in [0.3, 0.4) is 0 Å². The highest BCUT2D eigenvalue weighted by molar-refractivity contribution is 6.30. The molecule has 1 atom stereocenters. The van der Waals surface area contributed by atoms with E-state index in [1.165, 1.54) is 0 Å². The van der Waals surface area contributed by atoms with Gasteiger partial charge in [0.05, 0.1) is 11.2 Å². The van der Waals surface area contributed by atoms with Crippen LogP contribution in [-0.4, -0.2) is 62.0 Å². The Bertz CT molecular complexity index is 1160. The summed E-state index contributed by atoms with van der Waals surface area (Å²) in [5.41, 5.74) is 8.28. The molecule has 1 aromatic carbocycles. The molecule has 164 valence electrons. The molecular weight excluding hydrogens is 428 g/mol. The van der Waals surface area contributed by atoms with Crippen LogP contribution in [0.5, 0.6) is 0 Å². The van der Waals surface area contributed by atoms with E-state index in [9.17, 15) is 9.59 Å². The van der Waals surface area contributed by atoms with Crippen LogP contribution in [-0.2, 0) is 4.79 Å². The Morgan fingerprint density at radius 3 is 2.72 bits per heavy atom. The molecule has 9 heteroatoms. The van der Waals surface area contributed by atoms with Crippen molar-refractivity contribution in [2.75, 3.05) is 19.6 Å². The molecule has 2 saturated heterocycles. The van der Waals surface area contributed by atoms with Gasteiger partial charge in [-0.2, -0.15) is 5.10 Å². The molecule has 2 aliphatic rings. The van der Waals surface area contributed by atoms with Crippen LogP contribution >= 0.6 is 11.6 Å². The minimum atomic E-state index is -0.773. The largest absolute Gasteiger partial charge is 0.336 e. The van der Waals surface area contributed by atoms with E-state index in [2.05, 4.69) is 15.2 Å². The van der Waals surface area contributed by atoms with Crippen molar-refractivity contribution in [3.05, 3.63) is 71.0 Å². The van der Waals surface area contributed by atoms with Crippen molar-refractivity contribution in [1.29, 1.82) is 0 Å². The summed E-state index contributed by atoms with van der Waals surface area (Å²) in [7, 11) is 0. The monoisotopic (exact) mass is 450 g/mol. The van der Waals surface area contributed by atoms with Gasteiger partial charge in [0, 0.05) is 30.9 Å². The minimum Gasteiger partial charge on any atom is -0.336 e. The Balaban J connectivity index is 1.28. The number of nitrogens with one attached hydrogen (secondary N) is 1. The van der Waals surface area contributed by atoms with E-state index in [1.807, 2.05) is 23.1 Å². The van der Waals surface area contributed by atoms with Crippen LogP contribution in [0.15, 0.2) is 54.7 Å². The van der Waals surface area contributed by atoms with Gasteiger partial charge in [-0.25, -0.2) is 0 Å². The summed E-state index contributed by atoms with van der Waals surface area (Å²) in [5.74, 6) is -0.264. The molecule has 2 amide bonds. The summed E-state index contributed by atoms with van der Waals surface area (Å²) < 4.78 is 0. The normalized spacial score (nSPS) is 17.9. The SMILES string of the molecule is NC(C(=O)N1CC2(CCCN2C(=O)c2cc(-c3ccccn3)n[nH]2)C1)c1cccc(Cl)c1. The third-order valence-electron chi connectivity index (χ3n) is 6.33. The molecule has 0 radical (unpaired) electrons. The van der Waals surface area contributed by atoms with E-state index in [4.69, 9.17) is 17.3 Å². The highest BCUT2D eigenvalue weighted by Crippen LogP contribution is 2.39. The van der Waals surface area contributed by atoms with Crippen molar-refractivity contribution < 1.29 is 9.59 Å². The molecule has 8 nitrogen and oxygen atoms in total. The zero-order valence-corrected chi connectivity index (χ0v) is 18.1. The quantitative estimate of drug-likeness (QED) is 0.635. The lowest BCUT2D eigenvalue weighted by atomic mass is 9.85. The predicted octanol–water partition coefficient (Wildman–Crippen LogP) is 2.64. The number of amides is 2. The van der Waals surface area contributed by atoms with Gasteiger partial charge in [-0.1, -0.05) is 29.8 Å². The maximum atomic E-state index is 13.3. The molecule has 0 bridgehead atoms. The van der Waals surface area contributed by atoms with Gasteiger partial charge >= 0.3 is 0 Å². The summed E-state index contributed by atoms with van der Waals surface area (Å²) in [4.78, 5) is 34.1. The summed E-state index contributed by atoms with van der Waals surface area (Å²) in [6, 6.07) is 13.6. The lowest BCUT2D eigenvalue weighted by molar-refractivity contribution is -0.144. The lowest BCUT2D eigenvalue weighted by Crippen LogP contribution is -2.70. The molecule has 1 unspecified atom stereocenters. The van der Waals surface area contributed by atoms with E-state index >= 15 is 0 Å². The van der Waals surface area contributed by atoms with Crippen molar-refractivity contribution in [2.45, 2.75) is 24.4 Å². The van der Waals surface area contributed by atoms with Crippen molar-refractivity contribution in [2.24, 2.45) is 5.73 Å². The van der Waals surface area contributed by atoms with Crippen LogP contribution in [0.2, 0.25) is 5.02 Å². The molecule has 2 aromatic heterocycles. The van der Waals surface area contributed by atoms with Gasteiger partial charge in [0.2, 0.25) is 5.91 Å². The number of hydrogen-bond donors (Lipinski definition) is 2. The molecule has 1 spiro atoms. The maximum absolute atomic E-state index is 13.3. The van der Waals surface area contributed by atoms with Crippen molar-refractivity contribution >= 4 is 23.4 Å². The maximum Gasteiger partial charge on any atom is 0.272 e. The zero-order valence-electron chi connectivity index (χ0n) is 17.4. The highest BCUT2D eigenvalue weighted by atomic mass is 35.5. The third-order valence-corrected chi connectivity index (χ3v) is 6.57. The summed E-state index contributed by atoms with van der Waals surface area (Å²) in [6.07, 6.45) is 3.44. The van der Waals surface area contributed by atoms with Gasteiger partial charge in [-0.3, -0.25) is 19.7 Å². The first-order chi connectivity index (χ1) is 15.5. The van der Waals surface area contributed by atoms with E-state index in [1.54, 1.807) is 41.4 Å². The Labute approximate surface area is 190 Å². The average molecular weight is 451 g/mol. The van der Waals surface area contributed by atoms with Crippen LogP contribution in [0, 0.1) is 0 Å². The molecule has 4 heterocycles. The van der Waals surface area contributed by atoms with E-state index in [-0.39, 0.29) is 17.4 Å². The second-order valence-electron chi connectivity index (χ2n) is 8.39. The first-order valence-corrected chi connectivity index (χ1v) is 10.9. The minimum absolute atomic E-state index is 0.108. The van der Waals surface area contributed by atoms with Crippen LogP contribution in [0.4, 0.5) is 0 Å². The molecule has 0 saturated carbocycles. The molecular formula is C23H23ClN6O2. The first-order valence-electron chi connectivity index (χ1n) is 10.6. The van der Waals surface area contributed by atoms with Gasteiger partial charge in [0.15, 0.2) is 0 Å². The van der Waals surface area contributed by atoms with E-state index < -0.39 is 6.04 Å². The number of nitrogens with zero attached hydrogens (tertiary/aromatic N) is 4. The smallest absolute Gasteiger partial charge is 0.272 e. The molecule has 2 fully saturated rings. The number of H-pyrrole nitrogens is 1. The topological polar surface area (TPSA) is 108 Å². The number of rotatable bonds is 4. The number of pyridine rings is 1. The summed E-state index contributed by atoms with van der Waals surface area (Å²) >= 11 is 6.04. The molecule has 32 heavy (non-hydrogen) atoms. The average Bonchev–Trinajstić information content (AvgIpc) is 3.45. The Kier molecular flexibility index (Phi) is 5.19. The fourth-order valence-corrected chi connectivity index (χ4v) is 4.86. The second-order valence-corrected chi connectivity index (χ2v) is 8.83. The van der Waals surface area contributed by atoms with Gasteiger partial charge < -0.3 is 15.5 Å². The van der Waals surface area contributed by atoms with E-state index in [0.29, 0.717) is 47.3 Å². The van der Waals surface area contributed by atoms with Gasteiger partial charge in [0.25, 0.3) is 5.91 Å². The van der Waals surface area contributed by atoms with Gasteiger partial charge in [0.1, 0.15) is 17.4 Å². The van der Waals surface area contributed by atoms with Crippen LogP contribution in [0.1, 0.15) is 34.9 Å². The molecule has 0 aliphatic carbocycles. The Morgan fingerprint density at radius 2 is 1.97 bits per heavy atom. The number of carbonyl (C=O) groups is 2. The predicted molar refractivity (Wildman–Crippen MR) is 120 cm³/mol.